The lowest BCUT2D eigenvalue weighted by molar-refractivity contribution is -0.122. The zero-order chi connectivity index (χ0) is 31.6. The van der Waals surface area contributed by atoms with E-state index in [1.807, 2.05) is 11.8 Å². The maximum atomic E-state index is 12.3. The number of anilines is 1. The lowest BCUT2D eigenvalue weighted by atomic mass is 10.0. The number of hydrogen-bond donors (Lipinski definition) is 8. The van der Waals surface area contributed by atoms with Crippen LogP contribution in [-0.2, 0) is 14.3 Å². The number of nitrogens with zero attached hydrogens (tertiary/aromatic N) is 2. The predicted molar refractivity (Wildman–Crippen MR) is 161 cm³/mol. The van der Waals surface area contributed by atoms with E-state index in [0.717, 1.165) is 42.4 Å². The van der Waals surface area contributed by atoms with Gasteiger partial charge in [-0.15, -0.1) is 0 Å². The summed E-state index contributed by atoms with van der Waals surface area (Å²) in [6.45, 7) is 0.0540. The number of aliphatic hydroxyl groups excluding tert-OH is 3. The van der Waals surface area contributed by atoms with E-state index < -0.39 is 36.8 Å². The fraction of sp³-hybridized carbons (Fsp3) is 0.679. The third kappa shape index (κ3) is 8.85. The van der Waals surface area contributed by atoms with Crippen molar-refractivity contribution < 1.29 is 34.4 Å². The van der Waals surface area contributed by atoms with Gasteiger partial charge in [0.1, 0.15) is 24.1 Å². The van der Waals surface area contributed by atoms with Crippen molar-refractivity contribution in [3.63, 3.8) is 0 Å². The van der Waals surface area contributed by atoms with Gasteiger partial charge in [0.15, 0.2) is 6.23 Å². The number of nitrogens with one attached hydrogen (secondary N) is 4. The number of carbonyl (C=O) groups excluding carboxylic acids is 3. The van der Waals surface area contributed by atoms with Crippen molar-refractivity contribution in [3.8, 4) is 11.8 Å². The quantitative estimate of drug-likeness (QED) is 0.0653. The van der Waals surface area contributed by atoms with Gasteiger partial charge in [0.2, 0.25) is 11.8 Å². The van der Waals surface area contributed by atoms with Gasteiger partial charge < -0.3 is 47.1 Å². The molecule has 3 saturated heterocycles. The van der Waals surface area contributed by atoms with E-state index in [1.165, 1.54) is 6.20 Å². The summed E-state index contributed by atoms with van der Waals surface area (Å²) in [5.41, 5.74) is 5.15. The molecule has 0 spiro atoms. The van der Waals surface area contributed by atoms with E-state index in [4.69, 9.17) is 10.5 Å². The third-order valence-electron chi connectivity index (χ3n) is 7.85. The molecule has 44 heavy (non-hydrogen) atoms. The lowest BCUT2D eigenvalue weighted by Gasteiger charge is -2.17. The Bertz CT molecular complexity index is 1300. The van der Waals surface area contributed by atoms with E-state index >= 15 is 0 Å². The highest BCUT2D eigenvalue weighted by atomic mass is 32.2. The van der Waals surface area contributed by atoms with E-state index in [-0.39, 0.29) is 47.9 Å². The number of unbranched alkanes of at least 4 members (excludes halogenated alkanes) is 3. The van der Waals surface area contributed by atoms with Gasteiger partial charge in [0, 0.05) is 36.6 Å². The minimum Gasteiger partial charge on any atom is -0.394 e. The van der Waals surface area contributed by atoms with Gasteiger partial charge in [0.25, 0.3) is 0 Å². The standard InChI is InChI=1S/C28H41N7O8S/c29-25-16(13-35(28(42)34-25)26-24(40)23(39)18(14-36)43-26)7-6-12-31-20(37)9-2-1-5-11-30-21(38)10-4-3-8-19-22-17(15-44-19)32-27(41)33-22/h13,17-19,22-24,26,36,39-40H,1-5,8-12,14-15H2,(H,30,38)(H,31,37)(H2,29,34,42)(H2,32,33,41)/t17-,18+,19-,22-,23?,24?,26+/m0/s1. The summed E-state index contributed by atoms with van der Waals surface area (Å²) in [5, 5.41) is 41.4. The summed E-state index contributed by atoms with van der Waals surface area (Å²) in [4.78, 5) is 51.7. The molecule has 1 aromatic rings. The first-order valence-electron chi connectivity index (χ1n) is 14.9. The summed E-state index contributed by atoms with van der Waals surface area (Å²) >= 11 is 1.88. The van der Waals surface area contributed by atoms with Crippen LogP contribution in [0.2, 0.25) is 0 Å². The molecule has 0 aromatic carbocycles. The van der Waals surface area contributed by atoms with Crippen molar-refractivity contribution in [1.29, 1.82) is 0 Å². The first-order chi connectivity index (χ1) is 21.2. The second-order valence-electron chi connectivity index (χ2n) is 11.1. The van der Waals surface area contributed by atoms with Crippen molar-refractivity contribution in [1.82, 2.24) is 30.8 Å². The van der Waals surface area contributed by atoms with Gasteiger partial charge >= 0.3 is 11.7 Å². The number of rotatable bonds is 14. The summed E-state index contributed by atoms with van der Waals surface area (Å²) < 4.78 is 6.32. The van der Waals surface area contributed by atoms with Crippen LogP contribution >= 0.6 is 11.8 Å². The normalized spacial score (nSPS) is 27.2. The van der Waals surface area contributed by atoms with Gasteiger partial charge in [-0.1, -0.05) is 24.7 Å². The van der Waals surface area contributed by atoms with Gasteiger partial charge in [-0.05, 0) is 25.7 Å². The number of thioether (sulfide) groups is 1. The largest absolute Gasteiger partial charge is 0.394 e. The molecule has 16 heteroatoms. The smallest absolute Gasteiger partial charge is 0.351 e. The van der Waals surface area contributed by atoms with E-state index in [2.05, 4.69) is 38.1 Å². The predicted octanol–water partition coefficient (Wildman–Crippen LogP) is -1.69. The molecule has 0 aliphatic carbocycles. The number of fused-ring (bicyclic) bond motifs is 1. The van der Waals surface area contributed by atoms with Crippen LogP contribution in [0, 0.1) is 11.8 Å². The third-order valence-corrected chi connectivity index (χ3v) is 9.36. The Labute approximate surface area is 259 Å². The number of aliphatic hydroxyl groups is 3. The molecule has 4 rings (SSSR count). The SMILES string of the molecule is Nc1nc(=O)n([C@@H]2O[C@H](CO)C(O)C2O)cc1C#CCNC(=O)CCCCCNC(=O)CCCC[C@@H]1SC[C@@H]2NC(=O)N[C@@H]21. The summed E-state index contributed by atoms with van der Waals surface area (Å²) in [6, 6.07) is 0.327. The molecule has 4 amide bonds. The average Bonchev–Trinajstić information content (AvgIpc) is 3.64. The van der Waals surface area contributed by atoms with Crippen LogP contribution in [0.1, 0.15) is 63.2 Å². The number of nitrogen functional groups attached to an aromatic ring is 1. The number of urea groups is 1. The Morgan fingerprint density at radius 2 is 1.84 bits per heavy atom. The first-order valence-corrected chi connectivity index (χ1v) is 15.9. The number of amides is 4. The van der Waals surface area contributed by atoms with Crippen molar-refractivity contribution >= 4 is 35.4 Å². The first kappa shape index (κ1) is 33.5. The highest BCUT2D eigenvalue weighted by Crippen LogP contribution is 2.33. The van der Waals surface area contributed by atoms with Crippen LogP contribution in [0.4, 0.5) is 10.6 Å². The molecule has 9 N–H and O–H groups in total. The molecule has 0 saturated carbocycles. The minimum atomic E-state index is -1.46. The molecule has 3 fully saturated rings. The lowest BCUT2D eigenvalue weighted by Crippen LogP contribution is -2.36. The molecule has 4 heterocycles. The number of hydrogen-bond acceptors (Lipinski definition) is 11. The Kier molecular flexibility index (Phi) is 12.3. The molecule has 0 bridgehead atoms. The monoisotopic (exact) mass is 635 g/mol. The fourth-order valence-electron chi connectivity index (χ4n) is 5.42. The number of ether oxygens (including phenoxy) is 1. The summed E-state index contributed by atoms with van der Waals surface area (Å²) in [7, 11) is 0. The zero-order valence-electron chi connectivity index (χ0n) is 24.4. The molecule has 3 aliphatic heterocycles. The van der Waals surface area contributed by atoms with Gasteiger partial charge in [-0.3, -0.25) is 14.2 Å². The van der Waals surface area contributed by atoms with Crippen molar-refractivity contribution in [2.75, 3.05) is 31.2 Å². The summed E-state index contributed by atoms with van der Waals surface area (Å²) in [5.74, 6) is 6.12. The number of nitrogens with two attached hydrogens (primary N) is 1. The Balaban J connectivity index is 1.05. The molecule has 0 radical (unpaired) electrons. The number of aromatic nitrogens is 2. The molecule has 3 aliphatic rings. The maximum Gasteiger partial charge on any atom is 0.351 e. The summed E-state index contributed by atoms with van der Waals surface area (Å²) in [6.07, 6.45) is 1.80. The molecule has 15 nitrogen and oxygen atoms in total. The molecular weight excluding hydrogens is 594 g/mol. The van der Waals surface area contributed by atoms with E-state index in [0.29, 0.717) is 31.1 Å². The van der Waals surface area contributed by atoms with Gasteiger partial charge in [-0.2, -0.15) is 16.7 Å². The van der Waals surface area contributed by atoms with Crippen LogP contribution in [0.25, 0.3) is 0 Å². The highest BCUT2D eigenvalue weighted by Gasteiger charge is 2.44. The van der Waals surface area contributed by atoms with E-state index in [9.17, 15) is 34.5 Å². The highest BCUT2D eigenvalue weighted by molar-refractivity contribution is 8.00. The van der Waals surface area contributed by atoms with Crippen molar-refractivity contribution in [2.24, 2.45) is 0 Å². The zero-order valence-corrected chi connectivity index (χ0v) is 25.2. The fourth-order valence-corrected chi connectivity index (χ4v) is 6.96. The Hall–Kier alpha value is -3.36. The van der Waals surface area contributed by atoms with Gasteiger partial charge in [-0.25, -0.2) is 9.59 Å². The Morgan fingerprint density at radius 1 is 1.09 bits per heavy atom. The molecule has 1 aromatic heterocycles. The van der Waals surface area contributed by atoms with Crippen LogP contribution in [0.3, 0.4) is 0 Å². The average molecular weight is 636 g/mol. The Morgan fingerprint density at radius 3 is 2.59 bits per heavy atom. The maximum absolute atomic E-state index is 12.3. The van der Waals surface area contributed by atoms with Crippen LogP contribution in [-0.4, -0.2) is 104 Å². The topological polar surface area (TPSA) is 230 Å². The second kappa shape index (κ2) is 16.1. The van der Waals surface area contributed by atoms with Crippen molar-refractivity contribution in [3.05, 3.63) is 22.2 Å². The van der Waals surface area contributed by atoms with Crippen molar-refractivity contribution in [2.45, 2.75) is 93.2 Å². The minimum absolute atomic E-state index is 0.0271. The van der Waals surface area contributed by atoms with E-state index in [1.54, 1.807) is 0 Å². The molecule has 7 atom stereocenters. The van der Waals surface area contributed by atoms with Crippen LogP contribution in [0.5, 0.6) is 0 Å². The molecule has 242 valence electrons. The van der Waals surface area contributed by atoms with Crippen LogP contribution in [0.15, 0.2) is 11.0 Å². The van der Waals surface area contributed by atoms with Crippen LogP contribution < -0.4 is 32.7 Å². The number of carbonyl (C=O) groups is 3. The second-order valence-corrected chi connectivity index (χ2v) is 12.3. The molecular formula is C28H41N7O8S. The van der Waals surface area contributed by atoms with Gasteiger partial charge in [0.05, 0.1) is 30.8 Å². The molecule has 2 unspecified atom stereocenters.